The number of hydrogen-bond acceptors (Lipinski definition) is 3. The van der Waals surface area contributed by atoms with Gasteiger partial charge in [-0.25, -0.2) is 4.79 Å². The smallest absolute Gasteiger partial charge is 0.337 e. The minimum absolute atomic E-state index is 0.154. The molecule has 108 valence electrons. The molecule has 0 aliphatic carbocycles. The number of rotatable bonds is 7. The van der Waals surface area contributed by atoms with Crippen molar-refractivity contribution in [3.05, 3.63) is 46.7 Å². The number of aliphatic hydroxyl groups is 1. The van der Waals surface area contributed by atoms with E-state index < -0.39 is 0 Å². The summed E-state index contributed by atoms with van der Waals surface area (Å²) in [7, 11) is 1.37. The van der Waals surface area contributed by atoms with Crippen LogP contribution in [0.2, 0.25) is 0 Å². The van der Waals surface area contributed by atoms with Gasteiger partial charge in [-0.3, -0.25) is 0 Å². The van der Waals surface area contributed by atoms with Crippen molar-refractivity contribution < 1.29 is 14.6 Å². The summed E-state index contributed by atoms with van der Waals surface area (Å²) in [5.41, 5.74) is 5.89. The van der Waals surface area contributed by atoms with Gasteiger partial charge in [0.2, 0.25) is 0 Å². The molecule has 1 aromatic rings. The molecule has 0 aliphatic heterocycles. The number of benzene rings is 1. The van der Waals surface area contributed by atoms with Crippen LogP contribution in [0.25, 0.3) is 6.08 Å². The predicted molar refractivity (Wildman–Crippen MR) is 80.5 cm³/mol. The number of carbonyl (C=O) groups is 1. The van der Waals surface area contributed by atoms with Crippen molar-refractivity contribution in [1.29, 1.82) is 0 Å². The summed E-state index contributed by atoms with van der Waals surface area (Å²) in [4.78, 5) is 11.3. The van der Waals surface area contributed by atoms with Crippen LogP contribution in [0.5, 0.6) is 0 Å². The van der Waals surface area contributed by atoms with Crippen molar-refractivity contribution in [2.75, 3.05) is 13.7 Å². The highest BCUT2D eigenvalue weighted by atomic mass is 16.5. The lowest BCUT2D eigenvalue weighted by atomic mass is 10.1. The molecule has 20 heavy (non-hydrogen) atoms. The van der Waals surface area contributed by atoms with Gasteiger partial charge in [0.15, 0.2) is 0 Å². The van der Waals surface area contributed by atoms with E-state index in [2.05, 4.69) is 17.4 Å². The predicted octanol–water partition coefficient (Wildman–Crippen LogP) is 3.58. The Hall–Kier alpha value is -1.83. The Morgan fingerprint density at radius 1 is 1.30 bits per heavy atom. The number of unbranched alkanes of at least 4 members (excludes halogenated alkanes) is 1. The van der Waals surface area contributed by atoms with Crippen LogP contribution in [0, 0.1) is 0 Å². The summed E-state index contributed by atoms with van der Waals surface area (Å²) >= 11 is 0. The Morgan fingerprint density at radius 3 is 2.55 bits per heavy atom. The van der Waals surface area contributed by atoms with Crippen molar-refractivity contribution in [2.24, 2.45) is 0 Å². The van der Waals surface area contributed by atoms with Crippen LogP contribution in [-0.2, 0) is 4.74 Å². The van der Waals surface area contributed by atoms with Crippen molar-refractivity contribution in [2.45, 2.75) is 32.6 Å². The maximum absolute atomic E-state index is 11.3. The number of methoxy groups -OCH3 is 1. The average Bonchev–Trinajstić information content (AvgIpc) is 2.49. The van der Waals surface area contributed by atoms with E-state index in [1.165, 1.54) is 7.11 Å². The molecule has 0 aromatic heterocycles. The molecule has 3 nitrogen and oxygen atoms in total. The molecule has 1 rings (SSSR count). The van der Waals surface area contributed by atoms with Crippen LogP contribution in [0.3, 0.4) is 0 Å². The van der Waals surface area contributed by atoms with Gasteiger partial charge >= 0.3 is 5.97 Å². The molecule has 1 N–H and O–H groups in total. The first-order valence-corrected chi connectivity index (χ1v) is 6.95. The van der Waals surface area contributed by atoms with Crippen molar-refractivity contribution in [3.63, 3.8) is 0 Å². The zero-order valence-corrected chi connectivity index (χ0v) is 12.2. The molecule has 1 aromatic carbocycles. The first-order valence-electron chi connectivity index (χ1n) is 6.95. The molecular formula is C17H22O3. The normalized spacial score (nSPS) is 9.75. The Kier molecular flexibility index (Phi) is 7.41. The van der Waals surface area contributed by atoms with Crippen molar-refractivity contribution >= 4 is 12.0 Å². The topological polar surface area (TPSA) is 46.5 Å². The van der Waals surface area contributed by atoms with Gasteiger partial charge in [0.1, 0.15) is 0 Å². The minimum Gasteiger partial charge on any atom is -0.465 e. The summed E-state index contributed by atoms with van der Waals surface area (Å²) in [6.07, 6.45) is 5.76. The van der Waals surface area contributed by atoms with E-state index in [4.69, 9.17) is 5.11 Å². The summed E-state index contributed by atoms with van der Waals surface area (Å²) < 4.78 is 4.65. The van der Waals surface area contributed by atoms with Crippen LogP contribution < -0.4 is 0 Å². The van der Waals surface area contributed by atoms with E-state index in [9.17, 15) is 4.79 Å². The lowest BCUT2D eigenvalue weighted by Gasteiger charge is -2.01. The van der Waals surface area contributed by atoms with Gasteiger partial charge in [0, 0.05) is 6.61 Å². The van der Waals surface area contributed by atoms with Crippen LogP contribution >= 0.6 is 0 Å². The maximum Gasteiger partial charge on any atom is 0.337 e. The highest BCUT2D eigenvalue weighted by Crippen LogP contribution is 2.12. The molecule has 0 fully saturated rings. The van der Waals surface area contributed by atoms with E-state index in [1.54, 1.807) is 12.1 Å². The number of carbonyl (C=O) groups excluding carboxylic acids is 1. The number of hydrogen-bond donors (Lipinski definition) is 1. The minimum atomic E-state index is -0.333. The van der Waals surface area contributed by atoms with Crippen molar-refractivity contribution in [3.8, 4) is 0 Å². The summed E-state index contributed by atoms with van der Waals surface area (Å²) in [6.45, 7) is 2.30. The molecule has 3 heteroatoms. The number of aliphatic hydroxyl groups excluding tert-OH is 1. The van der Waals surface area contributed by atoms with E-state index in [0.29, 0.717) is 12.0 Å². The first kappa shape index (κ1) is 16.2. The fraction of sp³-hybridized carbons (Fsp3) is 0.412. The van der Waals surface area contributed by atoms with E-state index in [-0.39, 0.29) is 12.6 Å². The molecule has 0 unspecified atom stereocenters. The third-order valence-electron chi connectivity index (χ3n) is 3.02. The van der Waals surface area contributed by atoms with Crippen LogP contribution in [0.4, 0.5) is 0 Å². The van der Waals surface area contributed by atoms with Gasteiger partial charge < -0.3 is 9.84 Å². The molecule has 0 bridgehead atoms. The zero-order valence-electron chi connectivity index (χ0n) is 12.2. The zero-order chi connectivity index (χ0) is 14.8. The molecule has 0 aliphatic rings. The largest absolute Gasteiger partial charge is 0.465 e. The van der Waals surface area contributed by atoms with Crippen LogP contribution in [-0.4, -0.2) is 24.8 Å². The van der Waals surface area contributed by atoms with Crippen molar-refractivity contribution in [1.82, 2.24) is 0 Å². The second-order valence-electron chi connectivity index (χ2n) is 4.58. The molecule has 0 spiro atoms. The molecule has 0 atom stereocenters. The number of ether oxygens (including phenoxy) is 1. The molecule has 0 heterocycles. The quantitative estimate of drug-likeness (QED) is 0.610. The van der Waals surface area contributed by atoms with E-state index >= 15 is 0 Å². The average molecular weight is 274 g/mol. The van der Waals surface area contributed by atoms with Gasteiger partial charge in [0.25, 0.3) is 0 Å². The van der Waals surface area contributed by atoms with Gasteiger partial charge in [0.05, 0.1) is 12.7 Å². The lowest BCUT2D eigenvalue weighted by Crippen LogP contribution is -2.00. The van der Waals surface area contributed by atoms with Crippen LogP contribution in [0.15, 0.2) is 35.6 Å². The lowest BCUT2D eigenvalue weighted by molar-refractivity contribution is 0.0600. The van der Waals surface area contributed by atoms with Gasteiger partial charge in [-0.05, 0) is 48.6 Å². The second-order valence-corrected chi connectivity index (χ2v) is 4.58. The SMILES string of the molecule is CCCCC(=C=Cc1ccc(C(=O)OC)cc1)CCO. The second kappa shape index (κ2) is 9.13. The Balaban J connectivity index is 2.82. The molecule has 0 saturated carbocycles. The monoisotopic (exact) mass is 274 g/mol. The fourth-order valence-corrected chi connectivity index (χ4v) is 1.81. The maximum atomic E-state index is 11.3. The number of esters is 1. The first-order chi connectivity index (χ1) is 9.71. The fourth-order valence-electron chi connectivity index (χ4n) is 1.81. The standard InChI is InChI=1S/C17H22O3/c1-3-4-5-14(12-13-18)6-7-15-8-10-16(11-9-15)17(19)20-2/h7-11,18H,3-5,12-13H2,1-2H3. The summed E-state index contributed by atoms with van der Waals surface area (Å²) in [5, 5.41) is 9.03. The molecule has 0 radical (unpaired) electrons. The summed E-state index contributed by atoms with van der Waals surface area (Å²) in [6, 6.07) is 7.18. The van der Waals surface area contributed by atoms with Crippen LogP contribution in [0.1, 0.15) is 48.5 Å². The van der Waals surface area contributed by atoms with Gasteiger partial charge in [-0.1, -0.05) is 25.5 Å². The Morgan fingerprint density at radius 2 is 2.00 bits per heavy atom. The highest BCUT2D eigenvalue weighted by Gasteiger charge is 2.03. The third kappa shape index (κ3) is 5.43. The Bertz CT molecular complexity index is 479. The summed E-state index contributed by atoms with van der Waals surface area (Å²) in [5.74, 6) is -0.333. The molecule has 0 saturated heterocycles. The molecule has 0 amide bonds. The Labute approximate surface area is 120 Å². The molecular weight excluding hydrogens is 252 g/mol. The highest BCUT2D eigenvalue weighted by molar-refractivity contribution is 5.89. The third-order valence-corrected chi connectivity index (χ3v) is 3.02. The van der Waals surface area contributed by atoms with E-state index in [0.717, 1.165) is 30.4 Å². The van der Waals surface area contributed by atoms with E-state index in [1.807, 2.05) is 18.2 Å². The van der Waals surface area contributed by atoms with Gasteiger partial charge in [-0.2, -0.15) is 0 Å². The van der Waals surface area contributed by atoms with Gasteiger partial charge in [-0.15, -0.1) is 5.73 Å².